The van der Waals surface area contributed by atoms with Crippen LogP contribution < -0.4 is 5.32 Å². The second-order valence-electron chi connectivity index (χ2n) is 4.11. The van der Waals surface area contributed by atoms with E-state index in [0.29, 0.717) is 5.92 Å². The Morgan fingerprint density at radius 2 is 1.93 bits per heavy atom. The monoisotopic (exact) mass is 202 g/mol. The molecule has 0 saturated carbocycles. The van der Waals surface area contributed by atoms with E-state index in [4.69, 9.17) is 5.26 Å². The van der Waals surface area contributed by atoms with Crippen LogP contribution in [0.15, 0.2) is 30.3 Å². The maximum absolute atomic E-state index is 9.03. The minimum absolute atomic E-state index is 0.176. The molecule has 0 saturated heterocycles. The predicted octanol–water partition coefficient (Wildman–Crippen LogP) is 2.89. The summed E-state index contributed by atoms with van der Waals surface area (Å²) in [5.41, 5.74) is 1.05. The lowest BCUT2D eigenvalue weighted by molar-refractivity contribution is 0.519. The standard InChI is InChI=1S/C13H18N2/c1-11(2)8-9-15-13(10-14)12-6-4-3-5-7-12/h3-7,11,13,15H,8-9H2,1-2H3. The van der Waals surface area contributed by atoms with E-state index in [1.165, 1.54) is 0 Å². The van der Waals surface area contributed by atoms with E-state index in [2.05, 4.69) is 25.2 Å². The Kier molecular flexibility index (Phi) is 4.86. The van der Waals surface area contributed by atoms with E-state index in [1.54, 1.807) is 0 Å². The van der Waals surface area contributed by atoms with Crippen molar-refractivity contribution in [2.24, 2.45) is 5.92 Å². The molecular weight excluding hydrogens is 184 g/mol. The molecule has 0 heterocycles. The van der Waals surface area contributed by atoms with Crippen molar-refractivity contribution in [3.63, 3.8) is 0 Å². The molecule has 15 heavy (non-hydrogen) atoms. The van der Waals surface area contributed by atoms with E-state index in [9.17, 15) is 0 Å². The van der Waals surface area contributed by atoms with Crippen LogP contribution in [-0.2, 0) is 0 Å². The van der Waals surface area contributed by atoms with Gasteiger partial charge in [-0.15, -0.1) is 0 Å². The van der Waals surface area contributed by atoms with Gasteiger partial charge in [0.1, 0.15) is 6.04 Å². The average molecular weight is 202 g/mol. The molecule has 0 amide bonds. The average Bonchev–Trinajstić information content (AvgIpc) is 2.25. The lowest BCUT2D eigenvalue weighted by Gasteiger charge is -2.12. The van der Waals surface area contributed by atoms with Gasteiger partial charge in [-0.3, -0.25) is 5.32 Å². The number of nitrogens with one attached hydrogen (secondary N) is 1. The zero-order valence-electron chi connectivity index (χ0n) is 9.40. The fraction of sp³-hybridized carbons (Fsp3) is 0.462. The molecule has 0 bridgehead atoms. The Morgan fingerprint density at radius 3 is 2.47 bits per heavy atom. The van der Waals surface area contributed by atoms with Gasteiger partial charge in [-0.05, 0) is 24.4 Å². The molecule has 1 unspecified atom stereocenters. The van der Waals surface area contributed by atoms with Gasteiger partial charge in [-0.2, -0.15) is 5.26 Å². The third-order valence-corrected chi connectivity index (χ3v) is 2.33. The van der Waals surface area contributed by atoms with Gasteiger partial charge in [0, 0.05) is 0 Å². The first-order valence-corrected chi connectivity index (χ1v) is 5.42. The lowest BCUT2D eigenvalue weighted by Crippen LogP contribution is -2.22. The molecule has 80 valence electrons. The number of rotatable bonds is 5. The molecule has 0 aliphatic rings. The number of nitrogens with zero attached hydrogens (tertiary/aromatic N) is 1. The van der Waals surface area contributed by atoms with Crippen molar-refractivity contribution in [1.29, 1.82) is 5.26 Å². The molecule has 1 rings (SSSR count). The Labute approximate surface area is 91.9 Å². The summed E-state index contributed by atoms with van der Waals surface area (Å²) in [5, 5.41) is 12.3. The third kappa shape index (κ3) is 4.14. The number of hydrogen-bond donors (Lipinski definition) is 1. The molecule has 1 aromatic rings. The summed E-state index contributed by atoms with van der Waals surface area (Å²) in [6, 6.07) is 12.0. The molecule has 0 spiro atoms. The van der Waals surface area contributed by atoms with Crippen LogP contribution in [0.3, 0.4) is 0 Å². The Bertz CT molecular complexity index is 311. The number of nitriles is 1. The van der Waals surface area contributed by atoms with Crippen LogP contribution in [0.2, 0.25) is 0 Å². The first kappa shape index (κ1) is 11.7. The highest BCUT2D eigenvalue weighted by molar-refractivity contribution is 5.23. The highest BCUT2D eigenvalue weighted by Crippen LogP contribution is 2.11. The SMILES string of the molecule is CC(C)CCNC(C#N)c1ccccc1. The smallest absolute Gasteiger partial charge is 0.121 e. The lowest BCUT2D eigenvalue weighted by atomic mass is 10.1. The molecule has 0 aromatic heterocycles. The second kappa shape index (κ2) is 6.21. The van der Waals surface area contributed by atoms with Crippen LogP contribution in [0.4, 0.5) is 0 Å². The normalized spacial score (nSPS) is 12.4. The largest absolute Gasteiger partial charge is 0.298 e. The fourth-order valence-electron chi connectivity index (χ4n) is 1.40. The molecule has 2 nitrogen and oxygen atoms in total. The van der Waals surface area contributed by atoms with E-state index in [-0.39, 0.29) is 6.04 Å². The summed E-state index contributed by atoms with van der Waals surface area (Å²) < 4.78 is 0. The van der Waals surface area contributed by atoms with E-state index < -0.39 is 0 Å². The minimum Gasteiger partial charge on any atom is -0.298 e. The summed E-state index contributed by atoms with van der Waals surface area (Å²) in [5.74, 6) is 0.674. The molecule has 1 N–H and O–H groups in total. The van der Waals surface area contributed by atoms with Crippen molar-refractivity contribution >= 4 is 0 Å². The second-order valence-corrected chi connectivity index (χ2v) is 4.11. The van der Waals surface area contributed by atoms with E-state index in [1.807, 2.05) is 30.3 Å². The molecule has 0 aliphatic carbocycles. The molecule has 2 heteroatoms. The van der Waals surface area contributed by atoms with E-state index in [0.717, 1.165) is 18.5 Å². The van der Waals surface area contributed by atoms with Crippen molar-refractivity contribution in [3.05, 3.63) is 35.9 Å². The quantitative estimate of drug-likeness (QED) is 0.797. The summed E-state index contributed by atoms with van der Waals surface area (Å²) >= 11 is 0. The Balaban J connectivity index is 2.48. The number of benzene rings is 1. The van der Waals surface area contributed by atoms with Gasteiger partial charge in [0.05, 0.1) is 6.07 Å². The van der Waals surface area contributed by atoms with Crippen LogP contribution in [0.5, 0.6) is 0 Å². The first-order valence-electron chi connectivity index (χ1n) is 5.42. The highest BCUT2D eigenvalue weighted by Gasteiger charge is 2.08. The zero-order chi connectivity index (χ0) is 11.1. The molecule has 1 atom stereocenters. The van der Waals surface area contributed by atoms with Gasteiger partial charge in [-0.1, -0.05) is 44.2 Å². The van der Waals surface area contributed by atoms with Crippen molar-refractivity contribution in [3.8, 4) is 6.07 Å². The predicted molar refractivity (Wildman–Crippen MR) is 62.3 cm³/mol. The zero-order valence-corrected chi connectivity index (χ0v) is 9.40. The first-order chi connectivity index (χ1) is 7.24. The molecular formula is C13H18N2. The van der Waals surface area contributed by atoms with Crippen LogP contribution in [0.1, 0.15) is 31.9 Å². The topological polar surface area (TPSA) is 35.8 Å². The summed E-state index contributed by atoms with van der Waals surface area (Å²) in [6.45, 7) is 5.27. The van der Waals surface area contributed by atoms with Crippen LogP contribution in [-0.4, -0.2) is 6.54 Å². The van der Waals surface area contributed by atoms with Gasteiger partial charge in [-0.25, -0.2) is 0 Å². The fourth-order valence-corrected chi connectivity index (χ4v) is 1.40. The number of hydrogen-bond acceptors (Lipinski definition) is 2. The maximum atomic E-state index is 9.03. The van der Waals surface area contributed by atoms with Crippen molar-refractivity contribution in [2.45, 2.75) is 26.3 Å². The molecule has 0 radical (unpaired) electrons. The van der Waals surface area contributed by atoms with Crippen molar-refractivity contribution < 1.29 is 0 Å². The molecule has 1 aromatic carbocycles. The van der Waals surface area contributed by atoms with Crippen molar-refractivity contribution in [2.75, 3.05) is 6.54 Å². The molecule has 0 fully saturated rings. The van der Waals surface area contributed by atoms with Crippen LogP contribution >= 0.6 is 0 Å². The third-order valence-electron chi connectivity index (χ3n) is 2.33. The Hall–Kier alpha value is -1.33. The minimum atomic E-state index is -0.176. The van der Waals surface area contributed by atoms with Gasteiger partial charge in [0.15, 0.2) is 0 Å². The Morgan fingerprint density at radius 1 is 1.27 bits per heavy atom. The maximum Gasteiger partial charge on any atom is 0.121 e. The highest BCUT2D eigenvalue weighted by atomic mass is 14.9. The summed E-state index contributed by atoms with van der Waals surface area (Å²) in [4.78, 5) is 0. The van der Waals surface area contributed by atoms with Crippen LogP contribution in [0.25, 0.3) is 0 Å². The van der Waals surface area contributed by atoms with Gasteiger partial charge >= 0.3 is 0 Å². The van der Waals surface area contributed by atoms with Crippen LogP contribution in [0, 0.1) is 17.2 Å². The summed E-state index contributed by atoms with van der Waals surface area (Å²) in [6.07, 6.45) is 1.10. The van der Waals surface area contributed by atoms with Crippen molar-refractivity contribution in [1.82, 2.24) is 5.32 Å². The van der Waals surface area contributed by atoms with Gasteiger partial charge < -0.3 is 0 Å². The van der Waals surface area contributed by atoms with Gasteiger partial charge in [0.25, 0.3) is 0 Å². The van der Waals surface area contributed by atoms with Gasteiger partial charge in [0.2, 0.25) is 0 Å². The summed E-state index contributed by atoms with van der Waals surface area (Å²) in [7, 11) is 0. The molecule has 0 aliphatic heterocycles. The van der Waals surface area contributed by atoms with E-state index >= 15 is 0 Å².